The summed E-state index contributed by atoms with van der Waals surface area (Å²) in [6.07, 6.45) is 0. The number of nitrogens with zero attached hydrogens (tertiary/aromatic N) is 1. The average Bonchev–Trinajstić information content (AvgIpc) is 2.85. The molecule has 2 aromatic rings. The van der Waals surface area contributed by atoms with Crippen LogP contribution < -0.4 is 14.8 Å². The van der Waals surface area contributed by atoms with Crippen LogP contribution in [0.3, 0.4) is 0 Å². The molecule has 3 rings (SSSR count). The van der Waals surface area contributed by atoms with E-state index in [-0.39, 0.29) is 18.2 Å². The molecule has 1 N–H and O–H groups in total. The Morgan fingerprint density at radius 2 is 1.89 bits per heavy atom. The Morgan fingerprint density at radius 1 is 1.19 bits per heavy atom. The van der Waals surface area contributed by atoms with Crippen LogP contribution in [0.1, 0.15) is 12.5 Å². The van der Waals surface area contributed by atoms with Crippen molar-refractivity contribution in [1.29, 1.82) is 0 Å². The van der Waals surface area contributed by atoms with E-state index in [1.165, 1.54) is 26.2 Å². The second-order valence-electron chi connectivity index (χ2n) is 6.14. The number of halogens is 2. The van der Waals surface area contributed by atoms with Crippen LogP contribution in [0, 0.1) is 5.82 Å². The Balaban J connectivity index is 1.72. The Bertz CT molecular complexity index is 892. The monoisotopic (exact) mass is 392 g/mol. The Labute approximate surface area is 160 Å². The molecule has 0 aliphatic carbocycles. The maximum Gasteiger partial charge on any atom is 0.325 e. The fourth-order valence-electron chi connectivity index (χ4n) is 2.96. The SMILES string of the molecule is COc1ccccc1OCCN1C(=O)NC(C)(c2ccc(F)cc2Cl)C1=O. The van der Waals surface area contributed by atoms with Gasteiger partial charge < -0.3 is 14.8 Å². The molecular weight excluding hydrogens is 375 g/mol. The maximum atomic E-state index is 13.3. The first-order valence-corrected chi connectivity index (χ1v) is 8.60. The number of carbonyl (C=O) groups excluding carboxylic acids is 2. The van der Waals surface area contributed by atoms with Crippen LogP contribution >= 0.6 is 11.6 Å². The minimum absolute atomic E-state index is 0.0388. The van der Waals surface area contributed by atoms with Crippen molar-refractivity contribution in [2.75, 3.05) is 20.3 Å². The van der Waals surface area contributed by atoms with E-state index in [2.05, 4.69) is 5.32 Å². The van der Waals surface area contributed by atoms with Crippen LogP contribution in [-0.4, -0.2) is 37.1 Å². The molecule has 1 aliphatic rings. The number of nitrogens with one attached hydrogen (secondary N) is 1. The Kier molecular flexibility index (Phi) is 5.23. The Morgan fingerprint density at radius 3 is 2.56 bits per heavy atom. The van der Waals surface area contributed by atoms with Gasteiger partial charge in [0.25, 0.3) is 5.91 Å². The first kappa shape index (κ1) is 19.0. The predicted octanol–water partition coefficient (Wildman–Crippen LogP) is 3.33. The predicted molar refractivity (Wildman–Crippen MR) is 97.5 cm³/mol. The number of hydrogen-bond acceptors (Lipinski definition) is 4. The number of urea groups is 1. The maximum absolute atomic E-state index is 13.3. The molecule has 3 amide bonds. The molecule has 0 aromatic heterocycles. The van der Waals surface area contributed by atoms with Gasteiger partial charge in [0.05, 0.1) is 13.7 Å². The number of carbonyl (C=O) groups is 2. The van der Waals surface area contributed by atoms with Gasteiger partial charge in [-0.1, -0.05) is 29.8 Å². The van der Waals surface area contributed by atoms with E-state index in [0.29, 0.717) is 17.1 Å². The summed E-state index contributed by atoms with van der Waals surface area (Å²) in [4.78, 5) is 26.2. The van der Waals surface area contributed by atoms with Gasteiger partial charge in [-0.2, -0.15) is 0 Å². The van der Waals surface area contributed by atoms with Gasteiger partial charge >= 0.3 is 6.03 Å². The van der Waals surface area contributed by atoms with Crippen molar-refractivity contribution in [2.45, 2.75) is 12.5 Å². The van der Waals surface area contributed by atoms with E-state index in [4.69, 9.17) is 21.1 Å². The second kappa shape index (κ2) is 7.44. The molecule has 0 radical (unpaired) electrons. The molecule has 1 aliphatic heterocycles. The van der Waals surface area contributed by atoms with Gasteiger partial charge in [0.2, 0.25) is 0 Å². The van der Waals surface area contributed by atoms with Crippen LogP contribution in [0.2, 0.25) is 5.02 Å². The van der Waals surface area contributed by atoms with Gasteiger partial charge in [-0.25, -0.2) is 9.18 Å². The third-order valence-corrected chi connectivity index (χ3v) is 4.70. The quantitative estimate of drug-likeness (QED) is 0.766. The summed E-state index contributed by atoms with van der Waals surface area (Å²) >= 11 is 6.08. The highest BCUT2D eigenvalue weighted by atomic mass is 35.5. The van der Waals surface area contributed by atoms with Crippen molar-refractivity contribution in [3.63, 3.8) is 0 Å². The van der Waals surface area contributed by atoms with E-state index in [0.717, 1.165) is 11.0 Å². The molecule has 1 unspecified atom stereocenters. The molecule has 0 saturated carbocycles. The summed E-state index contributed by atoms with van der Waals surface area (Å²) in [5.74, 6) is 0.0600. The number of imide groups is 1. The van der Waals surface area contributed by atoms with E-state index >= 15 is 0 Å². The largest absolute Gasteiger partial charge is 0.493 e. The summed E-state index contributed by atoms with van der Waals surface area (Å²) in [7, 11) is 1.53. The van der Waals surface area contributed by atoms with Crippen LogP contribution in [0.4, 0.5) is 9.18 Å². The van der Waals surface area contributed by atoms with Gasteiger partial charge in [0, 0.05) is 10.6 Å². The van der Waals surface area contributed by atoms with Crippen LogP contribution in [-0.2, 0) is 10.3 Å². The summed E-state index contributed by atoms with van der Waals surface area (Å²) in [6.45, 7) is 1.66. The van der Waals surface area contributed by atoms with Gasteiger partial charge in [-0.15, -0.1) is 0 Å². The van der Waals surface area contributed by atoms with Crippen molar-refractivity contribution < 1.29 is 23.5 Å². The summed E-state index contributed by atoms with van der Waals surface area (Å²) in [5.41, 5.74) is -1.04. The molecule has 0 bridgehead atoms. The number of rotatable bonds is 6. The van der Waals surface area contributed by atoms with Crippen molar-refractivity contribution in [1.82, 2.24) is 10.2 Å². The van der Waals surface area contributed by atoms with E-state index in [1.807, 2.05) is 0 Å². The molecule has 1 atom stereocenters. The lowest BCUT2D eigenvalue weighted by Crippen LogP contribution is -2.41. The zero-order valence-electron chi connectivity index (χ0n) is 14.8. The zero-order valence-corrected chi connectivity index (χ0v) is 15.5. The van der Waals surface area contributed by atoms with Gasteiger partial charge in [-0.05, 0) is 31.2 Å². The number of para-hydroxylation sites is 2. The number of ether oxygens (including phenoxy) is 2. The van der Waals surface area contributed by atoms with Crippen molar-refractivity contribution in [2.24, 2.45) is 0 Å². The van der Waals surface area contributed by atoms with E-state index in [1.54, 1.807) is 24.3 Å². The first-order chi connectivity index (χ1) is 12.9. The van der Waals surface area contributed by atoms with Crippen LogP contribution in [0.25, 0.3) is 0 Å². The summed E-state index contributed by atoms with van der Waals surface area (Å²) in [6, 6.07) is 10.2. The van der Waals surface area contributed by atoms with Crippen LogP contribution in [0.15, 0.2) is 42.5 Å². The van der Waals surface area contributed by atoms with E-state index < -0.39 is 23.3 Å². The first-order valence-electron chi connectivity index (χ1n) is 8.22. The summed E-state index contributed by atoms with van der Waals surface area (Å²) in [5, 5.41) is 2.70. The molecule has 1 heterocycles. The van der Waals surface area contributed by atoms with Gasteiger partial charge in [0.1, 0.15) is 18.0 Å². The second-order valence-corrected chi connectivity index (χ2v) is 6.54. The average molecular weight is 393 g/mol. The normalized spacial score (nSPS) is 19.2. The fraction of sp³-hybridized carbons (Fsp3) is 0.263. The van der Waals surface area contributed by atoms with Crippen molar-refractivity contribution >= 4 is 23.5 Å². The summed E-state index contributed by atoms with van der Waals surface area (Å²) < 4.78 is 24.1. The lowest BCUT2D eigenvalue weighted by molar-refractivity contribution is -0.131. The van der Waals surface area contributed by atoms with Crippen molar-refractivity contribution in [3.05, 3.63) is 58.9 Å². The lowest BCUT2D eigenvalue weighted by atomic mass is 9.92. The standard InChI is InChI=1S/C19H18ClFN2O4/c1-19(13-8-7-12(21)11-14(13)20)17(24)23(18(25)22-19)9-10-27-16-6-4-3-5-15(16)26-2/h3-8,11H,9-10H2,1-2H3,(H,22,25). The minimum Gasteiger partial charge on any atom is -0.493 e. The van der Waals surface area contributed by atoms with Crippen LogP contribution in [0.5, 0.6) is 11.5 Å². The molecule has 2 aromatic carbocycles. The van der Waals surface area contributed by atoms with Gasteiger partial charge in [0.15, 0.2) is 11.5 Å². The third-order valence-electron chi connectivity index (χ3n) is 4.39. The Hall–Kier alpha value is -2.80. The molecule has 8 heteroatoms. The highest BCUT2D eigenvalue weighted by Gasteiger charge is 2.49. The number of amides is 3. The zero-order chi connectivity index (χ0) is 19.6. The molecule has 27 heavy (non-hydrogen) atoms. The highest BCUT2D eigenvalue weighted by Crippen LogP contribution is 2.34. The number of methoxy groups -OCH3 is 1. The molecule has 142 valence electrons. The highest BCUT2D eigenvalue weighted by molar-refractivity contribution is 6.32. The number of hydrogen-bond donors (Lipinski definition) is 1. The number of benzene rings is 2. The molecule has 1 fully saturated rings. The molecular formula is C19H18ClFN2O4. The molecule has 6 nitrogen and oxygen atoms in total. The fourth-order valence-corrected chi connectivity index (χ4v) is 3.32. The molecule has 1 saturated heterocycles. The molecule has 0 spiro atoms. The van der Waals surface area contributed by atoms with Gasteiger partial charge in [-0.3, -0.25) is 9.69 Å². The lowest BCUT2D eigenvalue weighted by Gasteiger charge is -2.23. The third kappa shape index (κ3) is 3.55. The smallest absolute Gasteiger partial charge is 0.325 e. The van der Waals surface area contributed by atoms with Crippen molar-refractivity contribution in [3.8, 4) is 11.5 Å². The van der Waals surface area contributed by atoms with E-state index in [9.17, 15) is 14.0 Å². The topological polar surface area (TPSA) is 67.9 Å². The minimum atomic E-state index is -1.37.